The maximum absolute atomic E-state index is 13.4. The first kappa shape index (κ1) is 17.4. The van der Waals surface area contributed by atoms with E-state index in [-0.39, 0.29) is 17.9 Å². The number of aryl methyl sites for hydroxylation is 1. The molecule has 6 nitrogen and oxygen atoms in total. The molecule has 1 atom stereocenters. The first-order chi connectivity index (χ1) is 11.8. The van der Waals surface area contributed by atoms with Crippen molar-refractivity contribution in [3.63, 3.8) is 0 Å². The number of nitrogens with one attached hydrogen (secondary N) is 1. The molecule has 1 fully saturated rings. The van der Waals surface area contributed by atoms with Gasteiger partial charge in [-0.05, 0) is 51.8 Å². The van der Waals surface area contributed by atoms with Gasteiger partial charge in [-0.3, -0.25) is 5.32 Å². The number of rotatable bonds is 3. The van der Waals surface area contributed by atoms with Gasteiger partial charge in [-0.15, -0.1) is 5.10 Å². The zero-order valence-electron chi connectivity index (χ0n) is 14.7. The number of benzene rings is 1. The summed E-state index contributed by atoms with van der Waals surface area (Å²) in [7, 11) is 0. The zero-order chi connectivity index (χ0) is 18.2. The second-order valence-electron chi connectivity index (χ2n) is 7.00. The van der Waals surface area contributed by atoms with Gasteiger partial charge in [0.1, 0.15) is 5.82 Å². The fourth-order valence-corrected chi connectivity index (χ4v) is 3.33. The number of amides is 2. The maximum Gasteiger partial charge on any atom is 0.323 e. The summed E-state index contributed by atoms with van der Waals surface area (Å²) in [5.74, 6) is 0.0521. The Morgan fingerprint density at radius 1 is 1.40 bits per heavy atom. The Bertz CT molecular complexity index is 782. The van der Waals surface area contributed by atoms with E-state index in [0.717, 1.165) is 18.5 Å². The smallest absolute Gasteiger partial charge is 0.323 e. The normalized spacial score (nSPS) is 17.8. The highest BCUT2D eigenvalue weighted by Crippen LogP contribution is 2.27. The van der Waals surface area contributed by atoms with Crippen molar-refractivity contribution in [1.29, 1.82) is 0 Å². The molecule has 0 spiro atoms. The minimum Gasteiger partial charge on any atom is -0.388 e. The van der Waals surface area contributed by atoms with E-state index in [4.69, 9.17) is 0 Å². The number of carbonyl (C=O) groups excluding carboxylic acids is 1. The lowest BCUT2D eigenvalue weighted by atomic mass is 9.97. The van der Waals surface area contributed by atoms with E-state index in [1.807, 2.05) is 6.92 Å². The van der Waals surface area contributed by atoms with E-state index < -0.39 is 5.60 Å². The second kappa shape index (κ2) is 6.48. The van der Waals surface area contributed by atoms with Gasteiger partial charge in [0.05, 0.1) is 17.3 Å². The molecule has 1 saturated heterocycles. The van der Waals surface area contributed by atoms with Gasteiger partial charge in [-0.2, -0.15) is 0 Å². The number of carbonyl (C=O) groups is 1. The topological polar surface area (TPSA) is 70.4 Å². The molecule has 3 rings (SSSR count). The number of nitrogens with zero attached hydrogens (tertiary/aromatic N) is 3. The molecule has 25 heavy (non-hydrogen) atoms. The number of anilines is 1. The molecular formula is C18H23FN4O2. The molecule has 2 amide bonds. The molecule has 7 heteroatoms. The average Bonchev–Trinajstić information content (AvgIpc) is 3.13. The number of aliphatic hydroxyl groups is 1. The molecule has 1 aliphatic heterocycles. The number of likely N-dealkylation sites (tertiary alicyclic amines) is 1. The van der Waals surface area contributed by atoms with E-state index in [9.17, 15) is 14.3 Å². The molecule has 0 bridgehead atoms. The highest BCUT2D eigenvalue weighted by molar-refractivity contribution is 5.89. The average molecular weight is 346 g/mol. The fourth-order valence-electron chi connectivity index (χ4n) is 3.33. The maximum atomic E-state index is 13.4. The molecule has 2 aromatic rings. The Morgan fingerprint density at radius 2 is 2.16 bits per heavy atom. The van der Waals surface area contributed by atoms with Gasteiger partial charge in [0, 0.05) is 18.3 Å². The predicted molar refractivity (Wildman–Crippen MR) is 93.3 cm³/mol. The van der Waals surface area contributed by atoms with E-state index in [1.54, 1.807) is 41.6 Å². The van der Waals surface area contributed by atoms with Crippen LogP contribution in [0.25, 0.3) is 5.69 Å². The summed E-state index contributed by atoms with van der Waals surface area (Å²) in [4.78, 5) is 14.2. The first-order valence-electron chi connectivity index (χ1n) is 8.38. The Hall–Kier alpha value is -2.41. The summed E-state index contributed by atoms with van der Waals surface area (Å²) in [5, 5.41) is 17.4. The van der Waals surface area contributed by atoms with Gasteiger partial charge in [-0.1, -0.05) is 6.07 Å². The summed E-state index contributed by atoms with van der Waals surface area (Å²) in [6.45, 7) is 5.87. The van der Waals surface area contributed by atoms with Crippen LogP contribution in [-0.4, -0.2) is 44.0 Å². The molecule has 134 valence electrons. The van der Waals surface area contributed by atoms with Gasteiger partial charge in [0.25, 0.3) is 0 Å². The molecule has 1 aromatic heterocycles. The number of urea groups is 1. The number of halogens is 1. The summed E-state index contributed by atoms with van der Waals surface area (Å²) >= 11 is 0. The Balaban J connectivity index is 1.78. The third-order valence-electron chi connectivity index (χ3n) is 4.50. The number of hydrogen-bond acceptors (Lipinski definition) is 3. The van der Waals surface area contributed by atoms with Crippen molar-refractivity contribution in [2.75, 3.05) is 11.9 Å². The summed E-state index contributed by atoms with van der Waals surface area (Å²) in [6, 6.07) is 7.35. The minimum atomic E-state index is -0.954. The van der Waals surface area contributed by atoms with Crippen molar-refractivity contribution in [3.05, 3.63) is 41.8 Å². The van der Waals surface area contributed by atoms with E-state index in [1.165, 1.54) is 12.1 Å². The van der Waals surface area contributed by atoms with E-state index in [0.29, 0.717) is 18.1 Å². The first-order valence-corrected chi connectivity index (χ1v) is 8.38. The molecule has 2 heterocycles. The van der Waals surface area contributed by atoms with Gasteiger partial charge >= 0.3 is 6.03 Å². The van der Waals surface area contributed by atoms with Crippen LogP contribution in [-0.2, 0) is 0 Å². The highest BCUT2D eigenvalue weighted by atomic mass is 19.1. The van der Waals surface area contributed by atoms with Gasteiger partial charge in [0.15, 0.2) is 5.82 Å². The van der Waals surface area contributed by atoms with Crippen molar-refractivity contribution in [1.82, 2.24) is 14.7 Å². The Morgan fingerprint density at radius 3 is 2.84 bits per heavy atom. The molecule has 0 unspecified atom stereocenters. The predicted octanol–water partition coefficient (Wildman–Crippen LogP) is 3.09. The SMILES string of the molecule is Cc1cc(NC(=O)N2CCC[C@@H]2C(C)(C)O)nn1-c1cccc(F)c1. The number of aromatic nitrogens is 2. The largest absolute Gasteiger partial charge is 0.388 e. The fraction of sp³-hybridized carbons (Fsp3) is 0.444. The van der Waals surface area contributed by atoms with Gasteiger partial charge < -0.3 is 10.0 Å². The van der Waals surface area contributed by atoms with Crippen LogP contribution in [0.5, 0.6) is 0 Å². The van der Waals surface area contributed by atoms with Crippen molar-refractivity contribution in [2.24, 2.45) is 0 Å². The minimum absolute atomic E-state index is 0.223. The van der Waals surface area contributed by atoms with Crippen LogP contribution < -0.4 is 5.32 Å². The van der Waals surface area contributed by atoms with Crippen LogP contribution in [0.2, 0.25) is 0 Å². The summed E-state index contributed by atoms with van der Waals surface area (Å²) in [5.41, 5.74) is 0.417. The molecule has 2 N–H and O–H groups in total. The zero-order valence-corrected chi connectivity index (χ0v) is 14.7. The molecule has 1 aromatic carbocycles. The van der Waals surface area contributed by atoms with Crippen LogP contribution in [0.3, 0.4) is 0 Å². The Labute approximate surface area is 146 Å². The van der Waals surface area contributed by atoms with Crippen LogP contribution in [0.4, 0.5) is 15.0 Å². The van der Waals surface area contributed by atoms with E-state index in [2.05, 4.69) is 10.4 Å². The van der Waals surface area contributed by atoms with Crippen molar-refractivity contribution < 1.29 is 14.3 Å². The van der Waals surface area contributed by atoms with Crippen LogP contribution in [0.1, 0.15) is 32.4 Å². The van der Waals surface area contributed by atoms with E-state index >= 15 is 0 Å². The lowest BCUT2D eigenvalue weighted by molar-refractivity contribution is 0.0117. The summed E-state index contributed by atoms with van der Waals surface area (Å²) < 4.78 is 15.0. The molecule has 0 saturated carbocycles. The van der Waals surface area contributed by atoms with Gasteiger partial charge in [0.2, 0.25) is 0 Å². The third kappa shape index (κ3) is 3.66. The molecular weight excluding hydrogens is 323 g/mol. The lowest BCUT2D eigenvalue weighted by Gasteiger charge is -2.33. The standard InChI is InChI=1S/C18H23FN4O2/c1-12-10-16(21-23(12)14-7-4-6-13(19)11-14)20-17(24)22-9-5-8-15(22)18(2,3)25/h4,6-7,10-11,15,25H,5,8-9H2,1-3H3,(H,20,21,24)/t15-/m1/s1. The van der Waals surface area contributed by atoms with Crippen molar-refractivity contribution >= 4 is 11.8 Å². The van der Waals surface area contributed by atoms with Crippen molar-refractivity contribution in [3.8, 4) is 5.69 Å². The molecule has 1 aliphatic rings. The monoisotopic (exact) mass is 346 g/mol. The highest BCUT2D eigenvalue weighted by Gasteiger charge is 2.38. The lowest BCUT2D eigenvalue weighted by Crippen LogP contribution is -2.49. The number of hydrogen-bond donors (Lipinski definition) is 2. The van der Waals surface area contributed by atoms with Crippen LogP contribution in [0.15, 0.2) is 30.3 Å². The quantitative estimate of drug-likeness (QED) is 0.897. The van der Waals surface area contributed by atoms with Crippen LogP contribution in [0, 0.1) is 12.7 Å². The Kier molecular flexibility index (Phi) is 4.51. The summed E-state index contributed by atoms with van der Waals surface area (Å²) in [6.07, 6.45) is 1.63. The second-order valence-corrected chi connectivity index (χ2v) is 7.00. The molecule has 0 aliphatic carbocycles. The van der Waals surface area contributed by atoms with Crippen molar-refractivity contribution in [2.45, 2.75) is 45.3 Å². The third-order valence-corrected chi connectivity index (χ3v) is 4.50. The van der Waals surface area contributed by atoms with Gasteiger partial charge in [-0.25, -0.2) is 13.9 Å². The van der Waals surface area contributed by atoms with Crippen LogP contribution >= 0.6 is 0 Å². The molecule has 0 radical (unpaired) electrons.